The Morgan fingerprint density at radius 1 is 1.27 bits per heavy atom. The van der Waals surface area contributed by atoms with Gasteiger partial charge in [-0.1, -0.05) is 12.1 Å². The van der Waals surface area contributed by atoms with Gasteiger partial charge in [0.05, 0.1) is 0 Å². The van der Waals surface area contributed by atoms with Crippen molar-refractivity contribution in [3.8, 4) is 0 Å². The van der Waals surface area contributed by atoms with Crippen LogP contribution in [0, 0.1) is 5.82 Å². The standard InChI is InChI=1S/C10H11FN4/c1-2-15-10(12-13-14-15)7-8-3-5-9(11)6-4-8/h3-6H,2,7H2,1H3. The van der Waals surface area contributed by atoms with E-state index in [1.807, 2.05) is 6.92 Å². The highest BCUT2D eigenvalue weighted by atomic mass is 19.1. The SMILES string of the molecule is CCn1nnnc1Cc1ccc(F)cc1. The summed E-state index contributed by atoms with van der Waals surface area (Å²) in [6, 6.07) is 6.36. The number of hydrogen-bond acceptors (Lipinski definition) is 3. The second kappa shape index (κ2) is 4.16. The van der Waals surface area contributed by atoms with Crippen LogP contribution in [-0.4, -0.2) is 20.2 Å². The van der Waals surface area contributed by atoms with Crippen molar-refractivity contribution in [2.75, 3.05) is 0 Å². The number of hydrogen-bond donors (Lipinski definition) is 0. The molecule has 1 aromatic carbocycles. The van der Waals surface area contributed by atoms with Crippen molar-refractivity contribution in [3.05, 3.63) is 41.5 Å². The van der Waals surface area contributed by atoms with Crippen molar-refractivity contribution in [2.45, 2.75) is 19.9 Å². The van der Waals surface area contributed by atoms with Gasteiger partial charge >= 0.3 is 0 Å². The third-order valence-corrected chi connectivity index (χ3v) is 2.18. The zero-order valence-electron chi connectivity index (χ0n) is 8.39. The second-order valence-electron chi connectivity index (χ2n) is 3.21. The zero-order valence-corrected chi connectivity index (χ0v) is 8.39. The molecule has 78 valence electrons. The molecule has 0 atom stereocenters. The summed E-state index contributed by atoms with van der Waals surface area (Å²) in [4.78, 5) is 0. The molecule has 0 saturated heterocycles. The van der Waals surface area contributed by atoms with E-state index in [1.165, 1.54) is 12.1 Å². The molecule has 0 aliphatic heterocycles. The van der Waals surface area contributed by atoms with Crippen molar-refractivity contribution in [2.24, 2.45) is 0 Å². The number of nitrogens with zero attached hydrogens (tertiary/aromatic N) is 4. The predicted molar refractivity (Wildman–Crippen MR) is 52.7 cm³/mol. The molecule has 0 bridgehead atoms. The summed E-state index contributed by atoms with van der Waals surface area (Å²) in [5.74, 6) is 0.568. The minimum Gasteiger partial charge on any atom is -0.230 e. The number of aromatic nitrogens is 4. The third kappa shape index (κ3) is 2.18. The molecule has 5 heteroatoms. The van der Waals surface area contributed by atoms with Gasteiger partial charge in [0.2, 0.25) is 0 Å². The molecule has 0 aliphatic rings. The highest BCUT2D eigenvalue weighted by molar-refractivity contribution is 5.19. The molecule has 0 fully saturated rings. The van der Waals surface area contributed by atoms with Crippen LogP contribution < -0.4 is 0 Å². The second-order valence-corrected chi connectivity index (χ2v) is 3.21. The maximum absolute atomic E-state index is 12.7. The largest absolute Gasteiger partial charge is 0.230 e. The first kappa shape index (κ1) is 9.76. The number of halogens is 1. The molecule has 1 aromatic heterocycles. The lowest BCUT2D eigenvalue weighted by atomic mass is 10.1. The molecule has 0 radical (unpaired) electrons. The summed E-state index contributed by atoms with van der Waals surface area (Å²) in [5, 5.41) is 11.3. The van der Waals surface area contributed by atoms with E-state index in [0.29, 0.717) is 6.42 Å². The smallest absolute Gasteiger partial charge is 0.155 e. The van der Waals surface area contributed by atoms with Crippen molar-refractivity contribution >= 4 is 0 Å². The maximum atomic E-state index is 12.7. The molecule has 0 spiro atoms. The molecule has 4 nitrogen and oxygen atoms in total. The summed E-state index contributed by atoms with van der Waals surface area (Å²) in [6.45, 7) is 2.72. The summed E-state index contributed by atoms with van der Waals surface area (Å²) in [5.41, 5.74) is 1.00. The topological polar surface area (TPSA) is 43.6 Å². The Kier molecular flexibility index (Phi) is 2.71. The lowest BCUT2D eigenvalue weighted by molar-refractivity contribution is 0.603. The van der Waals surface area contributed by atoms with E-state index in [0.717, 1.165) is 17.9 Å². The van der Waals surface area contributed by atoms with Crippen molar-refractivity contribution in [3.63, 3.8) is 0 Å². The molecular formula is C10H11FN4. The van der Waals surface area contributed by atoms with E-state index in [1.54, 1.807) is 16.8 Å². The van der Waals surface area contributed by atoms with Gasteiger partial charge in [-0.25, -0.2) is 9.07 Å². The zero-order chi connectivity index (χ0) is 10.7. The average Bonchev–Trinajstić information content (AvgIpc) is 2.69. The maximum Gasteiger partial charge on any atom is 0.155 e. The molecule has 15 heavy (non-hydrogen) atoms. The molecule has 0 amide bonds. The fourth-order valence-electron chi connectivity index (χ4n) is 1.38. The lowest BCUT2D eigenvalue weighted by Crippen LogP contribution is -2.04. The van der Waals surface area contributed by atoms with Crippen LogP contribution in [0.2, 0.25) is 0 Å². The van der Waals surface area contributed by atoms with Gasteiger partial charge < -0.3 is 0 Å². The monoisotopic (exact) mass is 206 g/mol. The van der Waals surface area contributed by atoms with E-state index >= 15 is 0 Å². The van der Waals surface area contributed by atoms with Crippen molar-refractivity contribution in [1.82, 2.24) is 20.2 Å². The van der Waals surface area contributed by atoms with Crippen molar-refractivity contribution < 1.29 is 4.39 Å². The lowest BCUT2D eigenvalue weighted by Gasteiger charge is -2.01. The average molecular weight is 206 g/mol. The number of rotatable bonds is 3. The van der Waals surface area contributed by atoms with Gasteiger partial charge in [0.1, 0.15) is 5.82 Å². The fourth-order valence-corrected chi connectivity index (χ4v) is 1.38. The van der Waals surface area contributed by atoms with Crippen LogP contribution >= 0.6 is 0 Å². The number of tetrazole rings is 1. The summed E-state index contributed by atoms with van der Waals surface area (Å²) in [6.07, 6.45) is 0.626. The molecule has 2 aromatic rings. The van der Waals surface area contributed by atoms with Gasteiger partial charge in [-0.3, -0.25) is 0 Å². The van der Waals surface area contributed by atoms with Gasteiger partial charge in [0.25, 0.3) is 0 Å². The molecule has 0 aliphatic carbocycles. The summed E-state index contributed by atoms with van der Waals surface area (Å²) >= 11 is 0. The van der Waals surface area contributed by atoms with E-state index < -0.39 is 0 Å². The fraction of sp³-hybridized carbons (Fsp3) is 0.300. The highest BCUT2D eigenvalue weighted by Gasteiger charge is 2.05. The van der Waals surface area contributed by atoms with Crippen LogP contribution in [0.4, 0.5) is 4.39 Å². The van der Waals surface area contributed by atoms with Crippen LogP contribution in [0.1, 0.15) is 18.3 Å². The summed E-state index contributed by atoms with van der Waals surface area (Å²) < 4.78 is 14.4. The minimum atomic E-state index is -0.228. The Bertz CT molecular complexity index is 435. The normalized spacial score (nSPS) is 10.5. The van der Waals surface area contributed by atoms with Gasteiger partial charge in [0, 0.05) is 13.0 Å². The Morgan fingerprint density at radius 3 is 2.67 bits per heavy atom. The Labute approximate surface area is 86.7 Å². The van der Waals surface area contributed by atoms with Gasteiger partial charge in [-0.05, 0) is 35.0 Å². The molecule has 0 saturated carbocycles. The summed E-state index contributed by atoms with van der Waals surface area (Å²) in [7, 11) is 0. The molecule has 0 N–H and O–H groups in total. The van der Waals surface area contributed by atoms with Crippen molar-refractivity contribution in [1.29, 1.82) is 0 Å². The Morgan fingerprint density at radius 2 is 2.00 bits per heavy atom. The van der Waals surface area contributed by atoms with Gasteiger partial charge in [-0.2, -0.15) is 0 Å². The van der Waals surface area contributed by atoms with Gasteiger partial charge in [0.15, 0.2) is 5.82 Å². The first-order valence-electron chi connectivity index (χ1n) is 4.79. The van der Waals surface area contributed by atoms with Crippen LogP contribution in [0.15, 0.2) is 24.3 Å². The Hall–Kier alpha value is -1.78. The molecule has 1 heterocycles. The molecule has 0 unspecified atom stereocenters. The van der Waals surface area contributed by atoms with E-state index in [9.17, 15) is 4.39 Å². The van der Waals surface area contributed by atoms with Crippen LogP contribution in [-0.2, 0) is 13.0 Å². The van der Waals surface area contributed by atoms with Crippen LogP contribution in [0.25, 0.3) is 0 Å². The first-order chi connectivity index (χ1) is 7.29. The predicted octanol–water partition coefficient (Wildman–Crippen LogP) is 1.42. The third-order valence-electron chi connectivity index (χ3n) is 2.18. The minimum absolute atomic E-state index is 0.228. The first-order valence-corrected chi connectivity index (χ1v) is 4.79. The highest BCUT2D eigenvalue weighted by Crippen LogP contribution is 2.07. The van der Waals surface area contributed by atoms with Crippen LogP contribution in [0.5, 0.6) is 0 Å². The Balaban J connectivity index is 2.18. The molecular weight excluding hydrogens is 195 g/mol. The number of aryl methyl sites for hydroxylation is 1. The van der Waals surface area contributed by atoms with E-state index in [4.69, 9.17) is 0 Å². The number of benzene rings is 1. The molecule has 2 rings (SSSR count). The quantitative estimate of drug-likeness (QED) is 0.762. The van der Waals surface area contributed by atoms with Crippen LogP contribution in [0.3, 0.4) is 0 Å². The van der Waals surface area contributed by atoms with Gasteiger partial charge in [-0.15, -0.1) is 5.10 Å². The van der Waals surface area contributed by atoms with E-state index in [2.05, 4.69) is 15.5 Å². The van der Waals surface area contributed by atoms with E-state index in [-0.39, 0.29) is 5.82 Å².